The molecule has 25 heavy (non-hydrogen) atoms. The zero-order chi connectivity index (χ0) is 17.5. The molecule has 2 aliphatic heterocycles. The summed E-state index contributed by atoms with van der Waals surface area (Å²) in [6, 6.07) is 10.5. The van der Waals surface area contributed by atoms with Crippen molar-refractivity contribution < 1.29 is 4.79 Å². The fraction of sp³-hybridized carbons (Fsp3) is 0.579. The minimum atomic E-state index is 0.102. The third-order valence-corrected chi connectivity index (χ3v) is 5.85. The van der Waals surface area contributed by atoms with Gasteiger partial charge in [0.2, 0.25) is 5.91 Å². The van der Waals surface area contributed by atoms with Gasteiger partial charge in [-0.2, -0.15) is 0 Å². The van der Waals surface area contributed by atoms with Crippen molar-refractivity contribution >= 4 is 23.6 Å². The number of hydrogen-bond acceptors (Lipinski definition) is 3. The predicted molar refractivity (Wildman–Crippen MR) is 104 cm³/mol. The quantitative estimate of drug-likeness (QED) is 0.366. The zero-order valence-corrected chi connectivity index (χ0v) is 15.8. The molecule has 1 atom stereocenters. The third-order valence-electron chi connectivity index (χ3n) is 4.86. The highest BCUT2D eigenvalue weighted by atomic mass is 32.2. The van der Waals surface area contributed by atoms with Gasteiger partial charge in [0.15, 0.2) is 5.96 Å². The minimum absolute atomic E-state index is 0.102. The van der Waals surface area contributed by atoms with E-state index in [9.17, 15) is 4.79 Å². The van der Waals surface area contributed by atoms with Crippen LogP contribution in [0.4, 0.5) is 0 Å². The first-order valence-electron chi connectivity index (χ1n) is 9.19. The SMILES string of the molecule is CCNC(=NCCSc1ccccc1)N1CCCC2(CNC(=O)C2)C1. The fourth-order valence-corrected chi connectivity index (χ4v) is 4.45. The van der Waals surface area contributed by atoms with Crippen LogP contribution in [-0.4, -0.2) is 55.2 Å². The van der Waals surface area contributed by atoms with Crippen molar-refractivity contribution in [3.63, 3.8) is 0 Å². The Kier molecular flexibility index (Phi) is 6.24. The molecule has 2 saturated heterocycles. The van der Waals surface area contributed by atoms with Crippen LogP contribution in [-0.2, 0) is 4.79 Å². The highest BCUT2D eigenvalue weighted by molar-refractivity contribution is 7.99. The standard InChI is InChI=1S/C19H28N4OS/c1-2-20-18(21-10-12-25-16-7-4-3-5-8-16)23-11-6-9-19(15-23)13-17(24)22-14-19/h3-5,7-8H,2,6,9-15H2,1H3,(H,20,21)(H,22,24). The maximum absolute atomic E-state index is 11.7. The lowest BCUT2D eigenvalue weighted by atomic mass is 9.79. The monoisotopic (exact) mass is 360 g/mol. The van der Waals surface area contributed by atoms with Gasteiger partial charge in [-0.25, -0.2) is 0 Å². The number of aliphatic imine (C=N–C) groups is 1. The molecule has 3 rings (SSSR count). The van der Waals surface area contributed by atoms with Gasteiger partial charge < -0.3 is 15.5 Å². The van der Waals surface area contributed by atoms with Crippen LogP contribution in [0.5, 0.6) is 0 Å². The van der Waals surface area contributed by atoms with E-state index in [2.05, 4.69) is 46.7 Å². The van der Waals surface area contributed by atoms with E-state index in [1.807, 2.05) is 17.8 Å². The molecular formula is C19H28N4OS. The van der Waals surface area contributed by atoms with Crippen molar-refractivity contribution in [3.05, 3.63) is 30.3 Å². The molecular weight excluding hydrogens is 332 g/mol. The van der Waals surface area contributed by atoms with Gasteiger partial charge in [-0.15, -0.1) is 11.8 Å². The number of carbonyl (C=O) groups is 1. The molecule has 2 heterocycles. The molecule has 0 radical (unpaired) electrons. The average Bonchev–Trinajstić information content (AvgIpc) is 2.98. The average molecular weight is 361 g/mol. The Hall–Kier alpha value is -1.69. The normalized spacial score (nSPS) is 23.8. The highest BCUT2D eigenvalue weighted by Crippen LogP contribution is 2.36. The Bertz CT molecular complexity index is 607. The van der Waals surface area contributed by atoms with E-state index in [0.717, 1.165) is 57.3 Å². The second-order valence-electron chi connectivity index (χ2n) is 6.88. The van der Waals surface area contributed by atoms with E-state index < -0.39 is 0 Å². The molecule has 5 nitrogen and oxygen atoms in total. The minimum Gasteiger partial charge on any atom is -0.357 e. The topological polar surface area (TPSA) is 56.7 Å². The molecule has 0 aromatic heterocycles. The van der Waals surface area contributed by atoms with Gasteiger partial charge in [0.1, 0.15) is 0 Å². The molecule has 1 aromatic carbocycles. The van der Waals surface area contributed by atoms with Crippen LogP contribution in [0.2, 0.25) is 0 Å². The second kappa shape index (κ2) is 8.61. The van der Waals surface area contributed by atoms with Crippen molar-refractivity contribution in [1.29, 1.82) is 0 Å². The van der Waals surface area contributed by atoms with Crippen LogP contribution in [0, 0.1) is 5.41 Å². The molecule has 2 aliphatic rings. The summed E-state index contributed by atoms with van der Waals surface area (Å²) in [6.45, 7) is 6.52. The maximum Gasteiger partial charge on any atom is 0.220 e. The number of likely N-dealkylation sites (tertiary alicyclic amines) is 1. The van der Waals surface area contributed by atoms with Crippen molar-refractivity contribution in [1.82, 2.24) is 15.5 Å². The molecule has 0 bridgehead atoms. The van der Waals surface area contributed by atoms with E-state index in [0.29, 0.717) is 6.42 Å². The van der Waals surface area contributed by atoms with Crippen molar-refractivity contribution in [3.8, 4) is 0 Å². The number of nitrogens with one attached hydrogen (secondary N) is 2. The smallest absolute Gasteiger partial charge is 0.220 e. The van der Waals surface area contributed by atoms with Gasteiger partial charge in [0, 0.05) is 48.7 Å². The maximum atomic E-state index is 11.7. The number of nitrogens with zero attached hydrogens (tertiary/aromatic N) is 2. The number of carbonyl (C=O) groups excluding carboxylic acids is 1. The first-order chi connectivity index (χ1) is 12.2. The number of guanidine groups is 1. The molecule has 1 unspecified atom stereocenters. The summed E-state index contributed by atoms with van der Waals surface area (Å²) in [5.41, 5.74) is 0.102. The summed E-state index contributed by atoms with van der Waals surface area (Å²) < 4.78 is 0. The van der Waals surface area contributed by atoms with Crippen molar-refractivity contribution in [2.24, 2.45) is 10.4 Å². The predicted octanol–water partition coefficient (Wildman–Crippen LogP) is 2.35. The highest BCUT2D eigenvalue weighted by Gasteiger charge is 2.42. The molecule has 0 aliphatic carbocycles. The van der Waals surface area contributed by atoms with Crippen LogP contribution >= 0.6 is 11.8 Å². The molecule has 136 valence electrons. The van der Waals surface area contributed by atoms with Gasteiger partial charge in [-0.1, -0.05) is 18.2 Å². The lowest BCUT2D eigenvalue weighted by Crippen LogP contribution is -2.51. The molecule has 1 spiro atoms. The van der Waals surface area contributed by atoms with Gasteiger partial charge in [0.25, 0.3) is 0 Å². The van der Waals surface area contributed by atoms with E-state index in [4.69, 9.17) is 4.99 Å². The number of rotatable bonds is 5. The summed E-state index contributed by atoms with van der Waals surface area (Å²) >= 11 is 1.84. The number of amides is 1. The van der Waals surface area contributed by atoms with Crippen molar-refractivity contribution in [2.75, 3.05) is 38.5 Å². The van der Waals surface area contributed by atoms with Gasteiger partial charge >= 0.3 is 0 Å². The van der Waals surface area contributed by atoms with E-state index in [-0.39, 0.29) is 11.3 Å². The first kappa shape index (κ1) is 18.1. The lowest BCUT2D eigenvalue weighted by Gasteiger charge is -2.40. The van der Waals surface area contributed by atoms with Crippen LogP contribution in [0.3, 0.4) is 0 Å². The van der Waals surface area contributed by atoms with Crippen LogP contribution in [0.1, 0.15) is 26.2 Å². The van der Waals surface area contributed by atoms with E-state index in [1.165, 1.54) is 4.90 Å². The summed E-state index contributed by atoms with van der Waals surface area (Å²) in [7, 11) is 0. The largest absolute Gasteiger partial charge is 0.357 e. The molecule has 2 N–H and O–H groups in total. The second-order valence-corrected chi connectivity index (χ2v) is 8.04. The van der Waals surface area contributed by atoms with Crippen LogP contribution in [0.15, 0.2) is 40.2 Å². The fourth-order valence-electron chi connectivity index (χ4n) is 3.69. The Labute approximate surface area is 154 Å². The molecule has 2 fully saturated rings. The summed E-state index contributed by atoms with van der Waals surface area (Å²) in [5, 5.41) is 6.44. The van der Waals surface area contributed by atoms with Crippen LogP contribution in [0.25, 0.3) is 0 Å². The molecule has 6 heteroatoms. The lowest BCUT2D eigenvalue weighted by molar-refractivity contribution is -0.119. The Morgan fingerprint density at radius 2 is 2.24 bits per heavy atom. The number of thioether (sulfide) groups is 1. The van der Waals surface area contributed by atoms with E-state index >= 15 is 0 Å². The van der Waals surface area contributed by atoms with Gasteiger partial charge in [-0.05, 0) is 31.9 Å². The van der Waals surface area contributed by atoms with Gasteiger partial charge in [0.05, 0.1) is 6.54 Å². The van der Waals surface area contributed by atoms with Gasteiger partial charge in [-0.3, -0.25) is 9.79 Å². The van der Waals surface area contributed by atoms with Crippen LogP contribution < -0.4 is 10.6 Å². The Balaban J connectivity index is 1.56. The molecule has 1 amide bonds. The third kappa shape index (κ3) is 4.91. The molecule has 1 aromatic rings. The summed E-state index contributed by atoms with van der Waals surface area (Å²) in [6.07, 6.45) is 2.91. The number of hydrogen-bond donors (Lipinski definition) is 2. The summed E-state index contributed by atoms with van der Waals surface area (Å²) in [4.78, 5) is 20.2. The zero-order valence-electron chi connectivity index (χ0n) is 15.0. The van der Waals surface area contributed by atoms with E-state index in [1.54, 1.807) is 0 Å². The molecule has 0 saturated carbocycles. The summed E-state index contributed by atoms with van der Waals surface area (Å²) in [5.74, 6) is 2.16. The number of benzene rings is 1. The Morgan fingerprint density at radius 3 is 2.96 bits per heavy atom. The first-order valence-corrected chi connectivity index (χ1v) is 10.2. The Morgan fingerprint density at radius 1 is 1.40 bits per heavy atom. The van der Waals surface area contributed by atoms with Crippen molar-refractivity contribution in [2.45, 2.75) is 31.1 Å². The number of piperidine rings is 1.